The summed E-state index contributed by atoms with van der Waals surface area (Å²) in [5, 5.41) is 3.73. The minimum absolute atomic E-state index is 0.217. The molecule has 3 rings (SSSR count). The lowest BCUT2D eigenvalue weighted by Gasteiger charge is -2.35. The van der Waals surface area contributed by atoms with Crippen molar-refractivity contribution >= 4 is 11.6 Å². The van der Waals surface area contributed by atoms with E-state index < -0.39 is 11.6 Å². The Morgan fingerprint density at radius 3 is 2.52 bits per heavy atom. The molecule has 0 radical (unpaired) electrons. The van der Waals surface area contributed by atoms with Crippen molar-refractivity contribution in [3.8, 4) is 5.75 Å². The highest BCUT2D eigenvalue weighted by Crippen LogP contribution is 2.32. The minimum atomic E-state index is -0.862. The molecule has 2 nitrogen and oxygen atoms in total. The summed E-state index contributed by atoms with van der Waals surface area (Å²) in [6, 6.07) is 10.9. The summed E-state index contributed by atoms with van der Waals surface area (Å²) in [6.07, 6.45) is -0.334. The average Bonchev–Trinajstić information content (AvgIpc) is 2.39. The van der Waals surface area contributed by atoms with Gasteiger partial charge in [0.1, 0.15) is 11.9 Å². The van der Waals surface area contributed by atoms with Crippen LogP contribution in [0.5, 0.6) is 5.75 Å². The summed E-state index contributed by atoms with van der Waals surface area (Å²) in [7, 11) is 0. The Labute approximate surface area is 126 Å². The molecule has 1 atom stereocenters. The van der Waals surface area contributed by atoms with E-state index in [0.29, 0.717) is 16.3 Å². The summed E-state index contributed by atoms with van der Waals surface area (Å²) in [5.41, 5.74) is 0.625. The molecule has 2 aromatic rings. The van der Waals surface area contributed by atoms with Crippen molar-refractivity contribution in [2.75, 3.05) is 13.1 Å². The van der Waals surface area contributed by atoms with Gasteiger partial charge in [0.2, 0.25) is 0 Å². The van der Waals surface area contributed by atoms with Gasteiger partial charge in [-0.3, -0.25) is 0 Å². The Morgan fingerprint density at radius 1 is 1.10 bits per heavy atom. The van der Waals surface area contributed by atoms with Crippen LogP contribution >= 0.6 is 11.6 Å². The first kappa shape index (κ1) is 14.3. The van der Waals surface area contributed by atoms with E-state index in [1.54, 1.807) is 30.3 Å². The maximum atomic E-state index is 13.5. The van der Waals surface area contributed by atoms with E-state index in [-0.39, 0.29) is 12.0 Å². The first-order chi connectivity index (χ1) is 10.1. The Morgan fingerprint density at radius 2 is 1.90 bits per heavy atom. The van der Waals surface area contributed by atoms with E-state index in [9.17, 15) is 8.78 Å². The van der Waals surface area contributed by atoms with Crippen molar-refractivity contribution < 1.29 is 13.5 Å². The molecule has 110 valence electrons. The molecular weight excluding hydrogens is 296 g/mol. The van der Waals surface area contributed by atoms with Crippen LogP contribution in [0.4, 0.5) is 8.78 Å². The van der Waals surface area contributed by atoms with E-state index in [1.165, 1.54) is 6.07 Å². The Bertz CT molecular complexity index is 646. The van der Waals surface area contributed by atoms with Gasteiger partial charge in [-0.15, -0.1) is 0 Å². The molecule has 0 bridgehead atoms. The monoisotopic (exact) mass is 309 g/mol. The van der Waals surface area contributed by atoms with Crippen molar-refractivity contribution in [1.82, 2.24) is 5.32 Å². The first-order valence-corrected chi connectivity index (χ1v) is 7.09. The number of hydrogen-bond donors (Lipinski definition) is 1. The van der Waals surface area contributed by atoms with Crippen molar-refractivity contribution in [3.05, 3.63) is 64.7 Å². The fourth-order valence-corrected chi connectivity index (χ4v) is 2.52. The van der Waals surface area contributed by atoms with Crippen LogP contribution in [0.3, 0.4) is 0 Å². The lowest BCUT2D eigenvalue weighted by Crippen LogP contribution is -2.46. The van der Waals surface area contributed by atoms with Crippen molar-refractivity contribution in [3.63, 3.8) is 0 Å². The molecule has 1 heterocycles. The third-order valence-corrected chi connectivity index (χ3v) is 3.81. The van der Waals surface area contributed by atoms with Gasteiger partial charge in [0.05, 0.1) is 0 Å². The zero-order valence-corrected chi connectivity index (χ0v) is 11.9. The number of ether oxygens (including phenoxy) is 1. The van der Waals surface area contributed by atoms with Gasteiger partial charge in [0.25, 0.3) is 0 Å². The Kier molecular flexibility index (Phi) is 4.08. The van der Waals surface area contributed by atoms with Crippen molar-refractivity contribution in [1.29, 1.82) is 0 Å². The predicted molar refractivity (Wildman–Crippen MR) is 77.5 cm³/mol. The van der Waals surface area contributed by atoms with Gasteiger partial charge in [-0.1, -0.05) is 23.7 Å². The quantitative estimate of drug-likeness (QED) is 0.923. The summed E-state index contributed by atoms with van der Waals surface area (Å²) in [6.45, 7) is 1.56. The molecule has 1 fully saturated rings. The summed E-state index contributed by atoms with van der Waals surface area (Å²) >= 11 is 5.95. The van der Waals surface area contributed by atoms with Gasteiger partial charge >= 0.3 is 0 Å². The van der Waals surface area contributed by atoms with Crippen molar-refractivity contribution in [2.24, 2.45) is 5.92 Å². The predicted octanol–water partition coefficient (Wildman–Crippen LogP) is 3.96. The van der Waals surface area contributed by atoms with Gasteiger partial charge in [-0.05, 0) is 35.9 Å². The third-order valence-electron chi connectivity index (χ3n) is 3.57. The molecule has 1 saturated heterocycles. The third kappa shape index (κ3) is 3.17. The zero-order valence-electron chi connectivity index (χ0n) is 11.2. The summed E-state index contributed by atoms with van der Waals surface area (Å²) in [4.78, 5) is 0. The molecule has 0 aliphatic carbocycles. The average molecular weight is 310 g/mol. The molecule has 5 heteroatoms. The molecule has 0 saturated carbocycles. The second-order valence-electron chi connectivity index (χ2n) is 5.09. The first-order valence-electron chi connectivity index (χ1n) is 6.71. The largest absolute Gasteiger partial charge is 0.485 e. The van der Waals surface area contributed by atoms with E-state index in [2.05, 4.69) is 5.32 Å². The van der Waals surface area contributed by atoms with Gasteiger partial charge in [0.15, 0.2) is 11.6 Å². The lowest BCUT2D eigenvalue weighted by molar-refractivity contribution is 0.0989. The van der Waals surface area contributed by atoms with Crippen LogP contribution in [0.25, 0.3) is 0 Å². The van der Waals surface area contributed by atoms with E-state index in [4.69, 9.17) is 16.3 Å². The highest BCUT2D eigenvalue weighted by atomic mass is 35.5. The zero-order chi connectivity index (χ0) is 14.8. The molecular formula is C16H14ClF2NO. The van der Waals surface area contributed by atoms with Gasteiger partial charge < -0.3 is 10.1 Å². The summed E-state index contributed by atoms with van der Waals surface area (Å²) < 4.78 is 32.5. The topological polar surface area (TPSA) is 21.3 Å². The second kappa shape index (κ2) is 6.00. The number of nitrogens with one attached hydrogen (secondary N) is 1. The Hall–Kier alpha value is -1.65. The maximum absolute atomic E-state index is 13.5. The van der Waals surface area contributed by atoms with E-state index in [0.717, 1.165) is 19.2 Å². The number of halogens is 3. The molecule has 1 N–H and O–H groups in total. The van der Waals surface area contributed by atoms with Gasteiger partial charge in [0, 0.05) is 24.0 Å². The summed E-state index contributed by atoms with van der Waals surface area (Å²) in [5.74, 6) is -0.885. The van der Waals surface area contributed by atoms with Crippen LogP contribution in [0.1, 0.15) is 11.7 Å². The number of rotatable bonds is 4. The molecule has 2 aromatic carbocycles. The number of hydrogen-bond acceptors (Lipinski definition) is 2. The minimum Gasteiger partial charge on any atom is -0.485 e. The normalized spacial score (nSPS) is 16.3. The van der Waals surface area contributed by atoms with Crippen molar-refractivity contribution in [2.45, 2.75) is 6.10 Å². The smallest absolute Gasteiger partial charge is 0.159 e. The molecule has 0 aromatic heterocycles. The van der Waals surface area contributed by atoms with E-state index in [1.807, 2.05) is 0 Å². The second-order valence-corrected chi connectivity index (χ2v) is 5.52. The Balaban J connectivity index is 1.88. The molecule has 21 heavy (non-hydrogen) atoms. The molecule has 1 unspecified atom stereocenters. The molecule has 1 aliphatic rings. The van der Waals surface area contributed by atoms with Crippen LogP contribution in [-0.2, 0) is 0 Å². The highest BCUT2D eigenvalue weighted by Gasteiger charge is 2.30. The van der Waals surface area contributed by atoms with Crippen LogP contribution in [0, 0.1) is 17.6 Å². The fraction of sp³-hybridized carbons (Fsp3) is 0.250. The SMILES string of the molecule is Fc1ccc(C(Oc2cccc(Cl)c2)C2CNC2)cc1F. The van der Waals surface area contributed by atoms with E-state index >= 15 is 0 Å². The van der Waals surface area contributed by atoms with Crippen LogP contribution in [-0.4, -0.2) is 13.1 Å². The molecule has 1 aliphatic heterocycles. The maximum Gasteiger partial charge on any atom is 0.159 e. The molecule has 0 amide bonds. The fourth-order valence-electron chi connectivity index (χ4n) is 2.34. The standard InChI is InChI=1S/C16H14ClF2NO/c17-12-2-1-3-13(7-12)21-16(11-8-20-9-11)10-4-5-14(18)15(19)6-10/h1-7,11,16,20H,8-9H2. The van der Waals surface area contributed by atoms with Crippen LogP contribution in [0.15, 0.2) is 42.5 Å². The van der Waals surface area contributed by atoms with Gasteiger partial charge in [-0.25, -0.2) is 8.78 Å². The number of benzene rings is 2. The highest BCUT2D eigenvalue weighted by molar-refractivity contribution is 6.30. The lowest BCUT2D eigenvalue weighted by atomic mass is 9.90. The van der Waals surface area contributed by atoms with Crippen LogP contribution in [0.2, 0.25) is 5.02 Å². The van der Waals surface area contributed by atoms with Gasteiger partial charge in [-0.2, -0.15) is 0 Å². The molecule has 0 spiro atoms. The van der Waals surface area contributed by atoms with Crippen LogP contribution < -0.4 is 10.1 Å².